The molecule has 1 aromatic carbocycles. The van der Waals surface area contributed by atoms with Gasteiger partial charge in [-0.1, -0.05) is 6.07 Å². The number of hydrogen-bond donors (Lipinski definition) is 3. The van der Waals surface area contributed by atoms with E-state index in [1.165, 1.54) is 23.9 Å². The van der Waals surface area contributed by atoms with Gasteiger partial charge in [-0.3, -0.25) is 4.98 Å². The van der Waals surface area contributed by atoms with Gasteiger partial charge in [0.15, 0.2) is 0 Å². The van der Waals surface area contributed by atoms with Crippen LogP contribution in [-0.2, 0) is 0 Å². The van der Waals surface area contributed by atoms with Crippen molar-refractivity contribution < 1.29 is 20.1 Å². The molecule has 0 spiro atoms. The van der Waals surface area contributed by atoms with Gasteiger partial charge in [0.05, 0.1) is 0 Å². The fourth-order valence-electron chi connectivity index (χ4n) is 1.39. The van der Waals surface area contributed by atoms with Crippen molar-refractivity contribution in [1.82, 2.24) is 4.98 Å². The number of anilines is 1. The summed E-state index contributed by atoms with van der Waals surface area (Å²) < 4.78 is 0. The van der Waals surface area contributed by atoms with Gasteiger partial charge in [0.2, 0.25) is 0 Å². The predicted octanol–water partition coefficient (Wildman–Crippen LogP) is 1.94. The molecule has 0 saturated heterocycles. The van der Waals surface area contributed by atoms with Crippen molar-refractivity contribution in [2.45, 2.75) is 0 Å². The normalized spacial score (nSPS) is 9.30. The lowest BCUT2D eigenvalue weighted by atomic mass is 10.2. The molecule has 3 N–H and O–H groups in total. The van der Waals surface area contributed by atoms with E-state index >= 15 is 0 Å². The van der Waals surface area contributed by atoms with Gasteiger partial charge in [-0.15, -0.1) is 0 Å². The third-order valence-corrected chi connectivity index (χ3v) is 2.41. The van der Waals surface area contributed by atoms with Crippen LogP contribution in [0.4, 0.5) is 5.69 Å². The maximum atomic E-state index is 10.3. The molecule has 0 fully saturated rings. The minimum atomic E-state index is -1.35. The molecule has 1 aromatic heterocycles. The predicted molar refractivity (Wildman–Crippen MR) is 75.3 cm³/mol. The Morgan fingerprint density at radius 1 is 1.05 bits per heavy atom. The third-order valence-electron chi connectivity index (χ3n) is 2.41. The molecule has 0 radical (unpaired) electrons. The molecule has 2 rings (SSSR count). The van der Waals surface area contributed by atoms with Gasteiger partial charge >= 0.3 is 5.97 Å². The van der Waals surface area contributed by atoms with E-state index in [0.29, 0.717) is 0 Å². The van der Waals surface area contributed by atoms with Crippen LogP contribution in [0.1, 0.15) is 10.4 Å². The van der Waals surface area contributed by atoms with E-state index in [2.05, 4.69) is 4.98 Å². The number of carboxylic acid groups (broad SMARTS) is 1. The van der Waals surface area contributed by atoms with E-state index in [4.69, 9.17) is 15.3 Å². The van der Waals surface area contributed by atoms with Gasteiger partial charge < -0.3 is 20.2 Å². The van der Waals surface area contributed by atoms with Crippen LogP contribution >= 0.6 is 0 Å². The topological polar surface area (TPSA) is 93.9 Å². The molecule has 0 aliphatic heterocycles. The van der Waals surface area contributed by atoms with Crippen molar-refractivity contribution >= 4 is 11.7 Å². The number of nitrogens with zero attached hydrogens (tertiary/aromatic N) is 2. The summed E-state index contributed by atoms with van der Waals surface area (Å²) in [5.74, 6) is -2.21. The number of hydrogen-bond acceptors (Lipinski definition) is 5. The first-order valence-corrected chi connectivity index (χ1v) is 5.75. The molecule has 6 heteroatoms. The summed E-state index contributed by atoms with van der Waals surface area (Å²) in [6.07, 6.45) is 3.57. The first-order chi connectivity index (χ1) is 9.43. The molecule has 0 unspecified atom stereocenters. The van der Waals surface area contributed by atoms with Gasteiger partial charge in [-0.2, -0.15) is 0 Å². The molecule has 1 heterocycles. The number of aromatic hydroxyl groups is 2. The molecule has 0 saturated carbocycles. The number of rotatable bonds is 2. The summed E-state index contributed by atoms with van der Waals surface area (Å²) >= 11 is 0. The quantitative estimate of drug-likeness (QED) is 0.776. The Balaban J connectivity index is 0.000000204. The molecule has 0 amide bonds. The number of carbonyl (C=O) groups is 1. The average molecular weight is 276 g/mol. The Hall–Kier alpha value is -2.76. The van der Waals surface area contributed by atoms with Crippen molar-refractivity contribution in [2.75, 3.05) is 19.0 Å². The molecule has 0 aliphatic rings. The number of carboxylic acids is 1. The Morgan fingerprint density at radius 3 is 1.85 bits per heavy atom. The summed E-state index contributed by atoms with van der Waals surface area (Å²) in [5, 5.41) is 26.3. The zero-order valence-corrected chi connectivity index (χ0v) is 11.2. The van der Waals surface area contributed by atoms with Crippen molar-refractivity contribution in [1.29, 1.82) is 0 Å². The molecule has 106 valence electrons. The molecule has 20 heavy (non-hydrogen) atoms. The van der Waals surface area contributed by atoms with Gasteiger partial charge in [0, 0.05) is 32.2 Å². The lowest BCUT2D eigenvalue weighted by molar-refractivity contribution is 0.0690. The van der Waals surface area contributed by atoms with E-state index < -0.39 is 23.0 Å². The summed E-state index contributed by atoms with van der Waals surface area (Å²) in [7, 11) is 4.02. The van der Waals surface area contributed by atoms with E-state index in [9.17, 15) is 4.79 Å². The van der Waals surface area contributed by atoms with E-state index in [1.54, 1.807) is 12.4 Å². The zero-order chi connectivity index (χ0) is 15.1. The van der Waals surface area contributed by atoms with Crippen LogP contribution in [0.25, 0.3) is 0 Å². The maximum Gasteiger partial charge on any atom is 0.343 e. The van der Waals surface area contributed by atoms with Gasteiger partial charge in [0.1, 0.15) is 17.1 Å². The highest BCUT2D eigenvalue weighted by Gasteiger charge is 2.13. The highest BCUT2D eigenvalue weighted by Crippen LogP contribution is 2.25. The highest BCUT2D eigenvalue weighted by atomic mass is 16.4. The third kappa shape index (κ3) is 4.16. The largest absolute Gasteiger partial charge is 0.507 e. The SMILES string of the molecule is CN(C)c1ccncc1.O=C(O)c1c(O)cccc1O. The zero-order valence-electron chi connectivity index (χ0n) is 11.2. The average Bonchev–Trinajstić information content (AvgIpc) is 2.40. The van der Waals surface area contributed by atoms with Gasteiger partial charge in [-0.05, 0) is 24.3 Å². The number of benzene rings is 1. The Bertz CT molecular complexity index is 550. The molecule has 6 nitrogen and oxygen atoms in total. The van der Waals surface area contributed by atoms with Gasteiger partial charge in [-0.25, -0.2) is 4.79 Å². The Morgan fingerprint density at radius 2 is 1.55 bits per heavy atom. The van der Waals surface area contributed by atoms with Crippen molar-refractivity contribution in [2.24, 2.45) is 0 Å². The highest BCUT2D eigenvalue weighted by molar-refractivity contribution is 5.93. The number of aromatic nitrogens is 1. The van der Waals surface area contributed by atoms with Crippen molar-refractivity contribution in [3.8, 4) is 11.5 Å². The van der Waals surface area contributed by atoms with E-state index in [-0.39, 0.29) is 0 Å². The second-order valence-corrected chi connectivity index (χ2v) is 4.08. The van der Waals surface area contributed by atoms with Crippen LogP contribution in [0.3, 0.4) is 0 Å². The first-order valence-electron chi connectivity index (χ1n) is 5.75. The van der Waals surface area contributed by atoms with Crippen LogP contribution in [0.15, 0.2) is 42.7 Å². The van der Waals surface area contributed by atoms with Crippen molar-refractivity contribution in [3.05, 3.63) is 48.3 Å². The first kappa shape index (κ1) is 15.3. The standard InChI is InChI=1S/C7H10N2.C7H6O4/c1-9(2)7-3-5-8-6-4-7;8-4-2-1-3-5(9)6(4)7(10)11/h3-6H,1-2H3;1-3,8-9H,(H,10,11). The van der Waals surface area contributed by atoms with Crippen LogP contribution < -0.4 is 4.90 Å². The second-order valence-electron chi connectivity index (χ2n) is 4.08. The van der Waals surface area contributed by atoms with Crippen molar-refractivity contribution in [3.63, 3.8) is 0 Å². The molecule has 2 aromatic rings. The lowest BCUT2D eigenvalue weighted by Gasteiger charge is -2.10. The van der Waals surface area contributed by atoms with Crippen LogP contribution in [0, 0.1) is 0 Å². The van der Waals surface area contributed by atoms with Gasteiger partial charge in [0.25, 0.3) is 0 Å². The smallest absolute Gasteiger partial charge is 0.343 e. The molecular weight excluding hydrogens is 260 g/mol. The number of phenols is 2. The summed E-state index contributed by atoms with van der Waals surface area (Å²) in [6.45, 7) is 0. The molecule has 0 aliphatic carbocycles. The van der Waals surface area contributed by atoms with E-state index in [0.717, 1.165) is 0 Å². The fourth-order valence-corrected chi connectivity index (χ4v) is 1.39. The van der Waals surface area contributed by atoms with Crippen LogP contribution in [0.2, 0.25) is 0 Å². The summed E-state index contributed by atoms with van der Waals surface area (Å²) in [6, 6.07) is 7.70. The second kappa shape index (κ2) is 6.98. The minimum Gasteiger partial charge on any atom is -0.507 e. The summed E-state index contributed by atoms with van der Waals surface area (Å²) in [4.78, 5) is 16.3. The Kier molecular flexibility index (Phi) is 5.34. The fraction of sp³-hybridized carbons (Fsp3) is 0.143. The monoisotopic (exact) mass is 276 g/mol. The lowest BCUT2D eigenvalue weighted by Crippen LogP contribution is -2.07. The number of aromatic carboxylic acids is 1. The minimum absolute atomic E-state index is 0.433. The molecular formula is C14H16N2O4. The Labute approximate surface area is 116 Å². The van der Waals surface area contributed by atoms with E-state index in [1.807, 2.05) is 31.1 Å². The van der Waals surface area contributed by atoms with Crippen LogP contribution in [-0.4, -0.2) is 40.4 Å². The maximum absolute atomic E-state index is 10.3. The molecule has 0 bridgehead atoms. The molecule has 0 atom stereocenters. The van der Waals surface area contributed by atoms with Crippen LogP contribution in [0.5, 0.6) is 11.5 Å². The number of pyridine rings is 1. The summed E-state index contributed by atoms with van der Waals surface area (Å²) in [5.41, 5.74) is 0.720.